The van der Waals surface area contributed by atoms with E-state index in [0.717, 1.165) is 0 Å². The SMILES string of the molecule is COc1c(Cl)cc(Br)c(OC)c1C(=O)NC(=O)Nc1cc(Cl)cc(Cl)c1. The summed E-state index contributed by atoms with van der Waals surface area (Å²) >= 11 is 21.1. The van der Waals surface area contributed by atoms with Crippen LogP contribution in [0.25, 0.3) is 0 Å². The van der Waals surface area contributed by atoms with Crippen molar-refractivity contribution in [3.63, 3.8) is 0 Å². The van der Waals surface area contributed by atoms with Gasteiger partial charge in [0.25, 0.3) is 5.91 Å². The maximum atomic E-state index is 12.6. The van der Waals surface area contributed by atoms with Gasteiger partial charge < -0.3 is 14.8 Å². The highest BCUT2D eigenvalue weighted by Crippen LogP contribution is 2.41. The molecule has 0 saturated heterocycles. The number of urea groups is 1. The molecule has 2 rings (SSSR count). The van der Waals surface area contributed by atoms with E-state index in [1.165, 1.54) is 38.5 Å². The van der Waals surface area contributed by atoms with E-state index >= 15 is 0 Å². The summed E-state index contributed by atoms with van der Waals surface area (Å²) in [7, 11) is 2.72. The predicted octanol–water partition coefficient (Wildman–Crippen LogP) is 5.39. The summed E-state index contributed by atoms with van der Waals surface area (Å²) in [5.74, 6) is -0.530. The number of amides is 3. The maximum absolute atomic E-state index is 12.6. The minimum Gasteiger partial charge on any atom is -0.495 e. The van der Waals surface area contributed by atoms with Crippen LogP contribution in [-0.2, 0) is 0 Å². The molecular weight excluding hydrogens is 470 g/mol. The molecule has 138 valence electrons. The van der Waals surface area contributed by atoms with Crippen LogP contribution >= 0.6 is 50.7 Å². The topological polar surface area (TPSA) is 76.7 Å². The van der Waals surface area contributed by atoms with Gasteiger partial charge in [-0.3, -0.25) is 10.1 Å². The lowest BCUT2D eigenvalue weighted by atomic mass is 10.1. The summed E-state index contributed by atoms with van der Waals surface area (Å²) in [6.07, 6.45) is 0. The number of nitrogens with one attached hydrogen (secondary N) is 2. The molecule has 0 radical (unpaired) electrons. The van der Waals surface area contributed by atoms with Crippen LogP contribution in [-0.4, -0.2) is 26.2 Å². The lowest BCUT2D eigenvalue weighted by molar-refractivity contribution is 0.0961. The summed E-state index contributed by atoms with van der Waals surface area (Å²) in [4.78, 5) is 24.7. The molecule has 2 aromatic carbocycles. The molecule has 2 aromatic rings. The number of anilines is 1. The third-order valence-corrected chi connectivity index (χ3v) is 4.43. The largest absolute Gasteiger partial charge is 0.495 e. The molecule has 0 heterocycles. The van der Waals surface area contributed by atoms with E-state index in [1.807, 2.05) is 0 Å². The van der Waals surface area contributed by atoms with Crippen molar-refractivity contribution >= 4 is 68.4 Å². The number of ether oxygens (including phenoxy) is 2. The molecule has 10 heteroatoms. The lowest BCUT2D eigenvalue weighted by Crippen LogP contribution is -2.34. The Hall–Kier alpha value is -1.67. The van der Waals surface area contributed by atoms with Gasteiger partial charge in [-0.05, 0) is 40.2 Å². The van der Waals surface area contributed by atoms with Gasteiger partial charge in [-0.25, -0.2) is 4.79 Å². The second kappa shape index (κ2) is 8.81. The Kier molecular flexibility index (Phi) is 7.00. The summed E-state index contributed by atoms with van der Waals surface area (Å²) in [6.45, 7) is 0. The normalized spacial score (nSPS) is 10.2. The minimum absolute atomic E-state index is 0.0337. The van der Waals surface area contributed by atoms with E-state index < -0.39 is 11.9 Å². The smallest absolute Gasteiger partial charge is 0.326 e. The van der Waals surface area contributed by atoms with Gasteiger partial charge in [-0.2, -0.15) is 0 Å². The molecule has 0 saturated carbocycles. The summed E-state index contributed by atoms with van der Waals surface area (Å²) in [6, 6.07) is 5.19. The van der Waals surface area contributed by atoms with Gasteiger partial charge in [-0.1, -0.05) is 34.8 Å². The average Bonchev–Trinajstić information content (AvgIpc) is 2.52. The monoisotopic (exact) mass is 480 g/mol. The van der Waals surface area contributed by atoms with Crippen molar-refractivity contribution in [3.05, 3.63) is 49.4 Å². The van der Waals surface area contributed by atoms with Crippen molar-refractivity contribution in [1.82, 2.24) is 5.32 Å². The Bertz CT molecular complexity index is 829. The Balaban J connectivity index is 2.28. The lowest BCUT2D eigenvalue weighted by Gasteiger charge is -2.16. The molecule has 0 bridgehead atoms. The molecule has 2 N–H and O–H groups in total. The van der Waals surface area contributed by atoms with Crippen LogP contribution in [0, 0.1) is 0 Å². The molecule has 3 amide bonds. The van der Waals surface area contributed by atoms with Gasteiger partial charge in [0.1, 0.15) is 11.3 Å². The summed E-state index contributed by atoms with van der Waals surface area (Å²) < 4.78 is 10.8. The number of benzene rings is 2. The molecule has 0 atom stereocenters. The van der Waals surface area contributed by atoms with Crippen molar-refractivity contribution in [2.75, 3.05) is 19.5 Å². The Labute approximate surface area is 172 Å². The number of carbonyl (C=O) groups is 2. The molecule has 0 fully saturated rings. The molecule has 0 aliphatic rings. The van der Waals surface area contributed by atoms with Gasteiger partial charge in [0, 0.05) is 15.7 Å². The molecular formula is C16H12BrCl3N2O4. The number of hydrogen-bond donors (Lipinski definition) is 2. The maximum Gasteiger partial charge on any atom is 0.326 e. The van der Waals surface area contributed by atoms with Crippen LogP contribution in [0.3, 0.4) is 0 Å². The van der Waals surface area contributed by atoms with Gasteiger partial charge in [0.2, 0.25) is 0 Å². The molecule has 0 aromatic heterocycles. The minimum atomic E-state index is -0.798. The first-order valence-electron chi connectivity index (χ1n) is 6.95. The van der Waals surface area contributed by atoms with Crippen LogP contribution in [0.15, 0.2) is 28.7 Å². The Morgan fingerprint density at radius 3 is 2.08 bits per heavy atom. The van der Waals surface area contributed by atoms with Crippen molar-refractivity contribution in [2.24, 2.45) is 0 Å². The first kappa shape index (κ1) is 20.6. The predicted molar refractivity (Wildman–Crippen MR) is 105 cm³/mol. The van der Waals surface area contributed by atoms with Crippen molar-refractivity contribution in [2.45, 2.75) is 0 Å². The second-order valence-electron chi connectivity index (χ2n) is 4.85. The van der Waals surface area contributed by atoms with Gasteiger partial charge >= 0.3 is 6.03 Å². The fourth-order valence-corrected chi connectivity index (χ4v) is 3.67. The van der Waals surface area contributed by atoms with Crippen LogP contribution in [0.4, 0.5) is 10.5 Å². The van der Waals surface area contributed by atoms with Crippen molar-refractivity contribution < 1.29 is 19.1 Å². The van der Waals surface area contributed by atoms with Crippen molar-refractivity contribution in [3.8, 4) is 11.5 Å². The van der Waals surface area contributed by atoms with Gasteiger partial charge in [0.15, 0.2) is 5.75 Å². The Morgan fingerprint density at radius 1 is 0.962 bits per heavy atom. The fourth-order valence-electron chi connectivity index (χ4n) is 2.14. The quantitative estimate of drug-likeness (QED) is 0.613. The van der Waals surface area contributed by atoms with Crippen LogP contribution in [0.1, 0.15) is 10.4 Å². The van der Waals surface area contributed by atoms with E-state index in [1.54, 1.807) is 0 Å². The average molecular weight is 483 g/mol. The van der Waals surface area contributed by atoms with Gasteiger partial charge in [-0.15, -0.1) is 0 Å². The molecule has 26 heavy (non-hydrogen) atoms. The number of rotatable bonds is 4. The number of imide groups is 1. The van der Waals surface area contributed by atoms with E-state index in [0.29, 0.717) is 20.2 Å². The first-order valence-corrected chi connectivity index (χ1v) is 8.88. The highest BCUT2D eigenvalue weighted by atomic mass is 79.9. The van der Waals surface area contributed by atoms with Gasteiger partial charge in [0.05, 0.1) is 23.7 Å². The van der Waals surface area contributed by atoms with E-state index in [4.69, 9.17) is 44.3 Å². The zero-order chi connectivity index (χ0) is 19.4. The summed E-state index contributed by atoms with van der Waals surface area (Å²) in [5.41, 5.74) is 0.285. The summed E-state index contributed by atoms with van der Waals surface area (Å²) in [5, 5.41) is 5.48. The molecule has 0 spiro atoms. The van der Waals surface area contributed by atoms with E-state index in [2.05, 4.69) is 26.6 Å². The molecule has 0 unspecified atom stereocenters. The zero-order valence-corrected chi connectivity index (χ0v) is 17.3. The molecule has 0 aliphatic carbocycles. The van der Waals surface area contributed by atoms with E-state index in [9.17, 15) is 9.59 Å². The Morgan fingerprint density at radius 2 is 1.54 bits per heavy atom. The number of methoxy groups -OCH3 is 2. The number of halogens is 4. The van der Waals surface area contributed by atoms with Crippen molar-refractivity contribution in [1.29, 1.82) is 0 Å². The second-order valence-corrected chi connectivity index (χ2v) is 6.98. The van der Waals surface area contributed by atoms with Crippen LogP contribution in [0.2, 0.25) is 15.1 Å². The number of hydrogen-bond acceptors (Lipinski definition) is 4. The standard InChI is InChI=1S/C16H12BrCl3N2O4/c1-25-13-10(17)6-11(20)14(26-2)12(13)15(23)22-16(24)21-9-4-7(18)3-8(19)5-9/h3-6H,1-2H3,(H2,21,22,23,24). The number of carbonyl (C=O) groups excluding carboxylic acids is 2. The highest BCUT2D eigenvalue weighted by Gasteiger charge is 2.25. The third kappa shape index (κ3) is 4.73. The van der Waals surface area contributed by atoms with E-state index in [-0.39, 0.29) is 22.1 Å². The zero-order valence-electron chi connectivity index (χ0n) is 13.5. The van der Waals surface area contributed by atoms with Crippen LogP contribution in [0.5, 0.6) is 11.5 Å². The highest BCUT2D eigenvalue weighted by molar-refractivity contribution is 9.10. The third-order valence-electron chi connectivity index (χ3n) is 3.12. The fraction of sp³-hybridized carbons (Fsp3) is 0.125. The molecule has 6 nitrogen and oxygen atoms in total. The molecule has 0 aliphatic heterocycles. The first-order chi connectivity index (χ1) is 12.3. The van der Waals surface area contributed by atoms with Crippen LogP contribution < -0.4 is 20.1 Å².